The second kappa shape index (κ2) is 10.6. The number of ether oxygens (including phenoxy) is 4. The topological polar surface area (TPSA) is 104 Å². The van der Waals surface area contributed by atoms with E-state index in [1.807, 2.05) is 51.1 Å². The molecule has 0 aliphatic carbocycles. The molecule has 0 amide bonds. The molecule has 1 fully saturated rings. The summed E-state index contributed by atoms with van der Waals surface area (Å²) in [6.45, 7) is 9.74. The van der Waals surface area contributed by atoms with Gasteiger partial charge in [0.15, 0.2) is 11.5 Å². The van der Waals surface area contributed by atoms with E-state index in [0.29, 0.717) is 41.0 Å². The average molecular weight is 521 g/mol. The molecule has 2 aliphatic rings. The smallest absolute Gasteiger partial charge is 0.329 e. The van der Waals surface area contributed by atoms with E-state index in [1.54, 1.807) is 7.11 Å². The Hall–Kier alpha value is -3.59. The molecule has 1 aromatic heterocycles. The van der Waals surface area contributed by atoms with Crippen molar-refractivity contribution >= 4 is 22.6 Å². The van der Waals surface area contributed by atoms with Gasteiger partial charge < -0.3 is 29.6 Å². The van der Waals surface area contributed by atoms with Crippen LogP contribution in [-0.4, -0.2) is 53.9 Å². The lowest BCUT2D eigenvalue weighted by Crippen LogP contribution is -2.35. The minimum atomic E-state index is -0.534. The Morgan fingerprint density at radius 2 is 1.87 bits per heavy atom. The molecule has 202 valence electrons. The molecule has 3 aromatic rings. The number of aromatic nitrogens is 2. The molecule has 2 N–H and O–H groups in total. The van der Waals surface area contributed by atoms with Crippen LogP contribution in [0.5, 0.6) is 23.1 Å². The molecule has 2 unspecified atom stereocenters. The monoisotopic (exact) mass is 520 g/mol. The highest BCUT2D eigenvalue weighted by atomic mass is 16.6. The van der Waals surface area contributed by atoms with Crippen molar-refractivity contribution in [3.63, 3.8) is 0 Å². The molecule has 2 aromatic carbocycles. The Balaban J connectivity index is 1.34. The lowest BCUT2D eigenvalue weighted by Gasteiger charge is -2.29. The fraction of sp³-hybridized carbons (Fsp3) is 0.483. The van der Waals surface area contributed by atoms with Crippen molar-refractivity contribution in [1.82, 2.24) is 15.3 Å². The summed E-state index contributed by atoms with van der Waals surface area (Å²) in [5.41, 5.74) is 2.05. The summed E-state index contributed by atoms with van der Waals surface area (Å²) in [7, 11) is 1.63. The Bertz CT molecular complexity index is 1320. The van der Waals surface area contributed by atoms with Gasteiger partial charge in [0, 0.05) is 18.2 Å². The van der Waals surface area contributed by atoms with Crippen molar-refractivity contribution in [3.8, 4) is 23.1 Å². The first kappa shape index (κ1) is 26.0. The molecule has 38 heavy (non-hydrogen) atoms. The Morgan fingerprint density at radius 3 is 2.61 bits per heavy atom. The van der Waals surface area contributed by atoms with Crippen LogP contribution in [-0.2, 0) is 16.0 Å². The minimum Gasteiger partial charge on any atom is -0.493 e. The highest BCUT2D eigenvalue weighted by Crippen LogP contribution is 2.38. The van der Waals surface area contributed by atoms with Crippen LogP contribution < -0.4 is 24.8 Å². The highest BCUT2D eigenvalue weighted by molar-refractivity contribution is 5.87. The minimum absolute atomic E-state index is 0.0607. The lowest BCUT2D eigenvalue weighted by atomic mass is 9.93. The zero-order valence-corrected chi connectivity index (χ0v) is 22.7. The van der Waals surface area contributed by atoms with E-state index >= 15 is 0 Å². The van der Waals surface area contributed by atoms with Gasteiger partial charge in [-0.25, -0.2) is 14.8 Å². The van der Waals surface area contributed by atoms with Crippen LogP contribution in [0.4, 0.5) is 5.69 Å². The Morgan fingerprint density at radius 1 is 1.08 bits per heavy atom. The molecular formula is C29H36N4O5. The molecule has 0 radical (unpaired) electrons. The third kappa shape index (κ3) is 5.78. The third-order valence-corrected chi connectivity index (χ3v) is 6.98. The molecule has 9 heteroatoms. The number of methoxy groups -OCH3 is 1. The van der Waals surface area contributed by atoms with Crippen LogP contribution in [0.15, 0.2) is 36.7 Å². The number of carbonyl (C=O) groups excluding carboxylic acids is 1. The molecule has 5 rings (SSSR count). The number of anilines is 1. The van der Waals surface area contributed by atoms with Crippen LogP contribution >= 0.6 is 0 Å². The molecule has 3 heterocycles. The summed E-state index contributed by atoms with van der Waals surface area (Å²) in [5, 5.41) is 7.37. The quantitative estimate of drug-likeness (QED) is 0.422. The van der Waals surface area contributed by atoms with Crippen LogP contribution in [0.3, 0.4) is 0 Å². The van der Waals surface area contributed by atoms with E-state index in [2.05, 4.69) is 27.5 Å². The second-order valence-electron chi connectivity index (χ2n) is 11.0. The summed E-state index contributed by atoms with van der Waals surface area (Å²) < 4.78 is 23.8. The maximum absolute atomic E-state index is 12.5. The van der Waals surface area contributed by atoms with Crippen molar-refractivity contribution in [2.24, 2.45) is 5.92 Å². The van der Waals surface area contributed by atoms with E-state index in [-0.39, 0.29) is 12.1 Å². The summed E-state index contributed by atoms with van der Waals surface area (Å²) in [6.07, 6.45) is 4.25. The first-order valence-corrected chi connectivity index (χ1v) is 13.2. The van der Waals surface area contributed by atoms with E-state index < -0.39 is 11.6 Å². The summed E-state index contributed by atoms with van der Waals surface area (Å²) in [4.78, 5) is 21.4. The summed E-state index contributed by atoms with van der Waals surface area (Å²) in [6, 6.07) is 9.02. The highest BCUT2D eigenvalue weighted by Gasteiger charge is 2.31. The number of nitrogens with one attached hydrogen (secondary N) is 2. The predicted molar refractivity (Wildman–Crippen MR) is 145 cm³/mol. The SMILES string of the molecule is COc1cc2c(Oc3ccc4c(c3)CC(C(=O)OC(C)(C)C)N4)ncnc2cc1OC(C)C1CCNCC1. The molecular weight excluding hydrogens is 484 g/mol. The standard InChI is InChI=1S/C29H36N4O5/c1-17(18-8-10-30-11-9-18)36-26-15-23-21(14-25(26)35-5)27(32-16-31-23)37-20-6-7-22-19(12-20)13-24(33-22)28(34)38-29(2,3)4/h6-7,12,14-18,24,30,33H,8-11,13H2,1-5H3. The van der Waals surface area contributed by atoms with Crippen molar-refractivity contribution in [3.05, 3.63) is 42.2 Å². The maximum Gasteiger partial charge on any atom is 0.329 e. The van der Waals surface area contributed by atoms with Crippen LogP contribution in [0.1, 0.15) is 46.1 Å². The number of hydrogen-bond acceptors (Lipinski definition) is 9. The number of fused-ring (bicyclic) bond motifs is 2. The molecule has 1 saturated heterocycles. The van der Waals surface area contributed by atoms with Crippen molar-refractivity contribution in [2.75, 3.05) is 25.5 Å². The number of carbonyl (C=O) groups is 1. The fourth-order valence-electron chi connectivity index (χ4n) is 5.01. The van der Waals surface area contributed by atoms with E-state index in [1.165, 1.54) is 6.33 Å². The van der Waals surface area contributed by atoms with Gasteiger partial charge in [-0.3, -0.25) is 0 Å². The number of piperidine rings is 1. The van der Waals surface area contributed by atoms with E-state index in [9.17, 15) is 4.79 Å². The van der Waals surface area contributed by atoms with Crippen LogP contribution in [0.2, 0.25) is 0 Å². The van der Waals surface area contributed by atoms with Gasteiger partial charge in [0.25, 0.3) is 0 Å². The van der Waals surface area contributed by atoms with Crippen molar-refractivity contribution in [2.45, 2.75) is 64.7 Å². The largest absolute Gasteiger partial charge is 0.493 e. The van der Waals surface area contributed by atoms with Gasteiger partial charge in [0.2, 0.25) is 5.88 Å². The van der Waals surface area contributed by atoms with Gasteiger partial charge in [-0.1, -0.05) is 0 Å². The zero-order valence-electron chi connectivity index (χ0n) is 22.7. The maximum atomic E-state index is 12.5. The fourth-order valence-corrected chi connectivity index (χ4v) is 5.01. The predicted octanol–water partition coefficient (Wildman–Crippen LogP) is 4.88. The normalized spacial score (nSPS) is 18.4. The molecule has 2 atom stereocenters. The zero-order chi connectivity index (χ0) is 26.9. The second-order valence-corrected chi connectivity index (χ2v) is 11.0. The molecule has 0 saturated carbocycles. The first-order valence-electron chi connectivity index (χ1n) is 13.2. The molecule has 0 spiro atoms. The van der Waals surface area contributed by atoms with Crippen molar-refractivity contribution < 1.29 is 23.7 Å². The number of benzene rings is 2. The lowest BCUT2D eigenvalue weighted by molar-refractivity contribution is -0.155. The average Bonchev–Trinajstić information content (AvgIpc) is 3.32. The van der Waals surface area contributed by atoms with Crippen LogP contribution in [0, 0.1) is 5.92 Å². The third-order valence-electron chi connectivity index (χ3n) is 6.98. The molecule has 0 bridgehead atoms. The Labute approximate surface area is 223 Å². The van der Waals surface area contributed by atoms with Gasteiger partial charge in [0.1, 0.15) is 23.7 Å². The number of nitrogens with zero attached hydrogens (tertiary/aromatic N) is 2. The van der Waals surface area contributed by atoms with Crippen LogP contribution in [0.25, 0.3) is 10.9 Å². The molecule has 9 nitrogen and oxygen atoms in total. The van der Waals surface area contributed by atoms with Gasteiger partial charge >= 0.3 is 5.97 Å². The number of rotatable bonds is 7. The molecule has 2 aliphatic heterocycles. The Kier molecular flexibility index (Phi) is 7.29. The van der Waals surface area contributed by atoms with Gasteiger partial charge in [-0.2, -0.15) is 0 Å². The number of hydrogen-bond donors (Lipinski definition) is 2. The number of esters is 1. The van der Waals surface area contributed by atoms with E-state index in [0.717, 1.165) is 42.6 Å². The summed E-state index contributed by atoms with van der Waals surface area (Å²) in [5.74, 6) is 2.53. The summed E-state index contributed by atoms with van der Waals surface area (Å²) >= 11 is 0. The van der Waals surface area contributed by atoms with Gasteiger partial charge in [-0.15, -0.1) is 0 Å². The van der Waals surface area contributed by atoms with Crippen molar-refractivity contribution in [1.29, 1.82) is 0 Å². The first-order chi connectivity index (χ1) is 18.2. The van der Waals surface area contributed by atoms with Gasteiger partial charge in [0.05, 0.1) is 24.1 Å². The van der Waals surface area contributed by atoms with E-state index in [4.69, 9.17) is 18.9 Å². The van der Waals surface area contributed by atoms with Gasteiger partial charge in [-0.05, 0) is 89.4 Å².